The minimum absolute atomic E-state index is 0.618. The Bertz CT molecular complexity index is 284. The Kier molecular flexibility index (Phi) is 5.93. The fourth-order valence-electron chi connectivity index (χ4n) is 1.42. The van der Waals surface area contributed by atoms with Crippen molar-refractivity contribution in [2.45, 2.75) is 33.7 Å². The molecular formula is C12H23N3O. The molecule has 0 saturated heterocycles. The van der Waals surface area contributed by atoms with Crippen LogP contribution >= 0.6 is 0 Å². The molecule has 0 spiro atoms. The Morgan fingerprint density at radius 1 is 1.50 bits per heavy atom. The lowest BCUT2D eigenvalue weighted by atomic mass is 10.2. The molecule has 1 heterocycles. The first-order valence-electron chi connectivity index (χ1n) is 6.06. The van der Waals surface area contributed by atoms with Gasteiger partial charge in [0.25, 0.3) is 0 Å². The topological polar surface area (TPSA) is 39.1 Å². The fourth-order valence-corrected chi connectivity index (χ4v) is 1.42. The Morgan fingerprint density at radius 2 is 2.31 bits per heavy atom. The second-order valence-electron chi connectivity index (χ2n) is 4.29. The van der Waals surface area contributed by atoms with Gasteiger partial charge in [-0.3, -0.25) is 0 Å². The van der Waals surface area contributed by atoms with Gasteiger partial charge in [0.15, 0.2) is 0 Å². The summed E-state index contributed by atoms with van der Waals surface area (Å²) in [7, 11) is 0. The number of aromatic nitrogens is 2. The van der Waals surface area contributed by atoms with Crippen LogP contribution in [0.15, 0.2) is 12.4 Å². The van der Waals surface area contributed by atoms with E-state index in [1.165, 1.54) is 0 Å². The summed E-state index contributed by atoms with van der Waals surface area (Å²) in [4.78, 5) is 4.24. The zero-order valence-electron chi connectivity index (χ0n) is 10.6. The molecule has 0 radical (unpaired) electrons. The molecule has 0 unspecified atom stereocenters. The third-order valence-corrected chi connectivity index (χ3v) is 2.26. The van der Waals surface area contributed by atoms with Crippen LogP contribution in [0.5, 0.6) is 0 Å². The first-order valence-corrected chi connectivity index (χ1v) is 6.06. The highest BCUT2D eigenvalue weighted by Crippen LogP contribution is 2.03. The van der Waals surface area contributed by atoms with Gasteiger partial charge in [0.2, 0.25) is 5.95 Å². The van der Waals surface area contributed by atoms with Crippen LogP contribution in [0.3, 0.4) is 0 Å². The van der Waals surface area contributed by atoms with Crippen molar-refractivity contribution in [3.63, 3.8) is 0 Å². The molecule has 0 fully saturated rings. The third kappa shape index (κ3) is 4.66. The van der Waals surface area contributed by atoms with Crippen molar-refractivity contribution in [1.82, 2.24) is 9.55 Å². The summed E-state index contributed by atoms with van der Waals surface area (Å²) < 4.78 is 7.60. The summed E-state index contributed by atoms with van der Waals surface area (Å²) in [6.45, 7) is 9.97. The van der Waals surface area contributed by atoms with Crippen LogP contribution < -0.4 is 5.32 Å². The summed E-state index contributed by atoms with van der Waals surface area (Å²) in [5, 5.41) is 3.30. The van der Waals surface area contributed by atoms with Crippen LogP contribution in [0.1, 0.15) is 27.2 Å². The highest BCUT2D eigenvalue weighted by atomic mass is 16.5. The molecule has 16 heavy (non-hydrogen) atoms. The molecule has 0 aromatic carbocycles. The first kappa shape index (κ1) is 13.0. The predicted octanol–water partition coefficient (Wildman–Crippen LogP) is 2.38. The van der Waals surface area contributed by atoms with Crippen LogP contribution in [-0.4, -0.2) is 29.3 Å². The van der Waals surface area contributed by atoms with Crippen molar-refractivity contribution in [1.29, 1.82) is 0 Å². The summed E-state index contributed by atoms with van der Waals surface area (Å²) in [5.41, 5.74) is 0. The maximum Gasteiger partial charge on any atom is 0.202 e. The molecule has 0 atom stereocenters. The first-order chi connectivity index (χ1) is 7.74. The van der Waals surface area contributed by atoms with E-state index in [1.807, 2.05) is 12.4 Å². The second kappa shape index (κ2) is 7.28. The summed E-state index contributed by atoms with van der Waals surface area (Å²) >= 11 is 0. The number of rotatable bonds is 8. The lowest BCUT2D eigenvalue weighted by Crippen LogP contribution is -2.11. The van der Waals surface area contributed by atoms with Gasteiger partial charge in [-0.15, -0.1) is 0 Å². The zero-order valence-corrected chi connectivity index (χ0v) is 10.6. The molecule has 0 saturated carbocycles. The molecule has 0 amide bonds. The van der Waals surface area contributed by atoms with Gasteiger partial charge in [0.05, 0.1) is 0 Å². The molecule has 0 aliphatic heterocycles. The predicted molar refractivity (Wildman–Crippen MR) is 66.7 cm³/mol. The van der Waals surface area contributed by atoms with Crippen LogP contribution in [-0.2, 0) is 11.3 Å². The summed E-state index contributed by atoms with van der Waals surface area (Å²) in [6.07, 6.45) is 4.82. The Balaban J connectivity index is 2.07. The normalized spacial score (nSPS) is 11.0. The van der Waals surface area contributed by atoms with Crippen molar-refractivity contribution >= 4 is 5.95 Å². The molecule has 92 valence electrons. The van der Waals surface area contributed by atoms with Gasteiger partial charge in [-0.1, -0.05) is 13.8 Å². The fraction of sp³-hybridized carbons (Fsp3) is 0.750. The molecule has 4 heteroatoms. The highest BCUT2D eigenvalue weighted by Gasteiger charge is 1.99. The van der Waals surface area contributed by atoms with E-state index in [9.17, 15) is 0 Å². The average molecular weight is 225 g/mol. The van der Waals surface area contributed by atoms with Crippen molar-refractivity contribution < 1.29 is 4.74 Å². The van der Waals surface area contributed by atoms with Crippen LogP contribution in [0, 0.1) is 5.92 Å². The van der Waals surface area contributed by atoms with E-state index >= 15 is 0 Å². The molecule has 1 aromatic rings. The van der Waals surface area contributed by atoms with Gasteiger partial charge in [0, 0.05) is 38.7 Å². The monoisotopic (exact) mass is 225 g/mol. The summed E-state index contributed by atoms with van der Waals surface area (Å²) in [5.74, 6) is 1.57. The van der Waals surface area contributed by atoms with Crippen LogP contribution in [0.2, 0.25) is 0 Å². The van der Waals surface area contributed by atoms with Gasteiger partial charge < -0.3 is 14.6 Å². The van der Waals surface area contributed by atoms with Crippen molar-refractivity contribution in [3.8, 4) is 0 Å². The Labute approximate surface area is 98.0 Å². The SMILES string of the molecule is CCn1ccnc1NCCCOCC(C)C. The number of hydrogen-bond donors (Lipinski definition) is 1. The third-order valence-electron chi connectivity index (χ3n) is 2.26. The smallest absolute Gasteiger partial charge is 0.202 e. The quantitative estimate of drug-likeness (QED) is 0.690. The lowest BCUT2D eigenvalue weighted by molar-refractivity contribution is 0.110. The second-order valence-corrected chi connectivity index (χ2v) is 4.29. The van der Waals surface area contributed by atoms with Gasteiger partial charge in [-0.05, 0) is 19.3 Å². The molecule has 4 nitrogen and oxygen atoms in total. The number of hydrogen-bond acceptors (Lipinski definition) is 3. The van der Waals surface area contributed by atoms with Crippen molar-refractivity contribution in [3.05, 3.63) is 12.4 Å². The maximum absolute atomic E-state index is 5.50. The van der Waals surface area contributed by atoms with E-state index in [4.69, 9.17) is 4.74 Å². The van der Waals surface area contributed by atoms with Gasteiger partial charge in [-0.25, -0.2) is 4.98 Å². The van der Waals surface area contributed by atoms with Gasteiger partial charge >= 0.3 is 0 Å². The molecular weight excluding hydrogens is 202 g/mol. The van der Waals surface area contributed by atoms with E-state index < -0.39 is 0 Å². The van der Waals surface area contributed by atoms with Gasteiger partial charge in [-0.2, -0.15) is 0 Å². The maximum atomic E-state index is 5.50. The number of imidazole rings is 1. The Hall–Kier alpha value is -1.03. The summed E-state index contributed by atoms with van der Waals surface area (Å²) in [6, 6.07) is 0. The number of nitrogens with zero attached hydrogens (tertiary/aromatic N) is 2. The van der Waals surface area contributed by atoms with E-state index in [2.05, 4.69) is 35.6 Å². The lowest BCUT2D eigenvalue weighted by Gasteiger charge is -2.09. The molecule has 0 bridgehead atoms. The number of anilines is 1. The van der Waals surface area contributed by atoms with Gasteiger partial charge in [0.1, 0.15) is 0 Å². The minimum atomic E-state index is 0.618. The molecule has 0 aliphatic rings. The number of ether oxygens (including phenoxy) is 1. The molecule has 1 aromatic heterocycles. The van der Waals surface area contributed by atoms with Crippen molar-refractivity contribution in [2.75, 3.05) is 25.1 Å². The number of aryl methyl sites for hydroxylation is 1. The standard InChI is InChI=1S/C12H23N3O/c1-4-15-8-7-14-12(15)13-6-5-9-16-10-11(2)3/h7-8,11H,4-6,9-10H2,1-3H3,(H,13,14). The molecule has 0 aliphatic carbocycles. The average Bonchev–Trinajstić information content (AvgIpc) is 2.70. The molecule has 1 N–H and O–H groups in total. The van der Waals surface area contributed by atoms with E-state index in [0.29, 0.717) is 5.92 Å². The van der Waals surface area contributed by atoms with Crippen LogP contribution in [0.4, 0.5) is 5.95 Å². The largest absolute Gasteiger partial charge is 0.381 e. The van der Waals surface area contributed by atoms with E-state index in [0.717, 1.165) is 38.7 Å². The van der Waals surface area contributed by atoms with E-state index in [1.54, 1.807) is 0 Å². The van der Waals surface area contributed by atoms with E-state index in [-0.39, 0.29) is 0 Å². The highest BCUT2D eigenvalue weighted by molar-refractivity contribution is 5.25. The zero-order chi connectivity index (χ0) is 11.8. The Morgan fingerprint density at radius 3 is 3.00 bits per heavy atom. The minimum Gasteiger partial charge on any atom is -0.381 e. The molecule has 1 rings (SSSR count). The van der Waals surface area contributed by atoms with Crippen molar-refractivity contribution in [2.24, 2.45) is 5.92 Å². The van der Waals surface area contributed by atoms with Crippen LogP contribution in [0.25, 0.3) is 0 Å². The number of nitrogens with one attached hydrogen (secondary N) is 1.